The third-order valence-corrected chi connectivity index (χ3v) is 4.42. The van der Waals surface area contributed by atoms with E-state index in [0.717, 1.165) is 11.1 Å². The molecule has 3 aromatic rings. The number of para-hydroxylation sites is 1. The molecular formula is C24H19ClN2O3. The molecule has 0 heterocycles. The number of hydrogen-bond donors (Lipinski definition) is 1. The Morgan fingerprint density at radius 3 is 2.53 bits per heavy atom. The molecule has 1 amide bonds. The van der Waals surface area contributed by atoms with Gasteiger partial charge in [0.25, 0.3) is 5.91 Å². The summed E-state index contributed by atoms with van der Waals surface area (Å²) in [5, 5.41) is 4.62. The van der Waals surface area contributed by atoms with Crippen LogP contribution in [-0.4, -0.2) is 18.7 Å². The van der Waals surface area contributed by atoms with Crippen LogP contribution in [0, 0.1) is 12.3 Å². The normalized spacial score (nSPS) is 10.4. The molecule has 0 aliphatic heterocycles. The molecule has 30 heavy (non-hydrogen) atoms. The Hall–Kier alpha value is -3.75. The first-order valence-electron chi connectivity index (χ1n) is 9.12. The van der Waals surface area contributed by atoms with E-state index < -0.39 is 0 Å². The fourth-order valence-electron chi connectivity index (χ4n) is 2.55. The maximum atomic E-state index is 12.5. The van der Waals surface area contributed by atoms with Crippen LogP contribution in [-0.2, 0) is 6.61 Å². The minimum Gasteiger partial charge on any atom is -0.488 e. The standard InChI is InChI=1S/C24H19ClN2O3/c1-2-15-29-20-13-11-18(12-14-20)16-26-27-24(28)21-8-4-6-10-23(21)30-17-19-7-3-5-9-22(19)25/h1,3-14,16H,15,17H2,(H,27,28)/b26-16+. The number of carbonyl (C=O) groups is 1. The third-order valence-electron chi connectivity index (χ3n) is 4.05. The molecule has 0 atom stereocenters. The Balaban J connectivity index is 1.61. The quantitative estimate of drug-likeness (QED) is 0.328. The first kappa shape index (κ1) is 21.0. The first-order chi connectivity index (χ1) is 14.7. The van der Waals surface area contributed by atoms with Gasteiger partial charge in [0.05, 0.1) is 11.8 Å². The molecule has 0 aliphatic carbocycles. The van der Waals surface area contributed by atoms with E-state index >= 15 is 0 Å². The lowest BCUT2D eigenvalue weighted by atomic mass is 10.2. The average molecular weight is 419 g/mol. The van der Waals surface area contributed by atoms with Gasteiger partial charge in [-0.05, 0) is 48.0 Å². The summed E-state index contributed by atoms with van der Waals surface area (Å²) in [6.07, 6.45) is 6.70. The van der Waals surface area contributed by atoms with Crippen molar-refractivity contribution in [2.24, 2.45) is 5.10 Å². The molecule has 1 N–H and O–H groups in total. The van der Waals surface area contributed by atoms with Crippen LogP contribution in [0.2, 0.25) is 5.02 Å². The van der Waals surface area contributed by atoms with E-state index in [-0.39, 0.29) is 19.1 Å². The van der Waals surface area contributed by atoms with Crippen LogP contribution in [0.25, 0.3) is 0 Å². The number of benzene rings is 3. The lowest BCUT2D eigenvalue weighted by Gasteiger charge is -2.11. The largest absolute Gasteiger partial charge is 0.488 e. The van der Waals surface area contributed by atoms with Crippen molar-refractivity contribution in [2.45, 2.75) is 6.61 Å². The monoisotopic (exact) mass is 418 g/mol. The Labute approximate surface area is 180 Å². The predicted molar refractivity (Wildman–Crippen MR) is 118 cm³/mol. The summed E-state index contributed by atoms with van der Waals surface area (Å²) in [4.78, 5) is 12.5. The number of hydrogen-bond acceptors (Lipinski definition) is 4. The van der Waals surface area contributed by atoms with Gasteiger partial charge in [-0.1, -0.05) is 47.9 Å². The molecule has 0 aromatic heterocycles. The van der Waals surface area contributed by atoms with Crippen LogP contribution in [0.15, 0.2) is 77.9 Å². The molecule has 6 heteroatoms. The van der Waals surface area contributed by atoms with Crippen LogP contribution in [0.1, 0.15) is 21.5 Å². The van der Waals surface area contributed by atoms with E-state index in [0.29, 0.717) is 22.1 Å². The SMILES string of the molecule is C#CCOc1ccc(/C=N/NC(=O)c2ccccc2OCc2ccccc2Cl)cc1. The fraction of sp³-hybridized carbons (Fsp3) is 0.0833. The number of hydrazone groups is 1. The number of nitrogens with one attached hydrogen (secondary N) is 1. The Morgan fingerprint density at radius 2 is 1.77 bits per heavy atom. The number of amides is 1. The highest BCUT2D eigenvalue weighted by atomic mass is 35.5. The van der Waals surface area contributed by atoms with Gasteiger partial charge in [-0.2, -0.15) is 5.10 Å². The molecule has 0 spiro atoms. The minimum absolute atomic E-state index is 0.210. The summed E-state index contributed by atoms with van der Waals surface area (Å²) >= 11 is 6.16. The van der Waals surface area contributed by atoms with E-state index in [4.69, 9.17) is 27.5 Å². The average Bonchev–Trinajstić information content (AvgIpc) is 2.78. The number of halogens is 1. The molecule has 150 valence electrons. The lowest BCUT2D eigenvalue weighted by Crippen LogP contribution is -2.18. The maximum absolute atomic E-state index is 12.5. The zero-order valence-corrected chi connectivity index (χ0v) is 16.8. The van der Waals surface area contributed by atoms with Gasteiger partial charge in [-0.3, -0.25) is 4.79 Å². The van der Waals surface area contributed by atoms with Gasteiger partial charge in [0.1, 0.15) is 24.7 Å². The van der Waals surface area contributed by atoms with Gasteiger partial charge in [0, 0.05) is 10.6 Å². The zero-order valence-electron chi connectivity index (χ0n) is 16.0. The molecule has 0 saturated carbocycles. The van der Waals surface area contributed by atoms with Crippen LogP contribution >= 0.6 is 11.6 Å². The Bertz CT molecular complexity index is 1070. The number of carbonyl (C=O) groups excluding carboxylic acids is 1. The number of terminal acetylenes is 1. The topological polar surface area (TPSA) is 59.9 Å². The second kappa shape index (κ2) is 10.7. The Kier molecular flexibility index (Phi) is 7.48. The van der Waals surface area contributed by atoms with E-state index in [1.807, 2.05) is 30.3 Å². The highest BCUT2D eigenvalue weighted by Crippen LogP contribution is 2.22. The second-order valence-corrected chi connectivity index (χ2v) is 6.54. The zero-order chi connectivity index (χ0) is 21.2. The van der Waals surface area contributed by atoms with Crippen molar-refractivity contribution in [2.75, 3.05) is 6.61 Å². The molecule has 0 saturated heterocycles. The summed E-state index contributed by atoms with van der Waals surface area (Å²) < 4.78 is 11.1. The summed E-state index contributed by atoms with van der Waals surface area (Å²) in [6.45, 7) is 0.461. The van der Waals surface area contributed by atoms with Crippen LogP contribution < -0.4 is 14.9 Å². The molecule has 0 aliphatic rings. The van der Waals surface area contributed by atoms with Gasteiger partial charge < -0.3 is 9.47 Å². The molecule has 0 fully saturated rings. The molecule has 0 radical (unpaired) electrons. The number of nitrogens with zero attached hydrogens (tertiary/aromatic N) is 1. The van der Waals surface area contributed by atoms with Crippen molar-refractivity contribution in [1.82, 2.24) is 5.43 Å². The molecular weight excluding hydrogens is 400 g/mol. The first-order valence-corrected chi connectivity index (χ1v) is 9.50. The van der Waals surface area contributed by atoms with Crippen molar-refractivity contribution in [3.8, 4) is 23.8 Å². The number of rotatable bonds is 8. The minimum atomic E-state index is -0.380. The van der Waals surface area contributed by atoms with Crippen LogP contribution in [0.3, 0.4) is 0 Å². The predicted octanol–water partition coefficient (Wildman–Crippen LogP) is 4.69. The van der Waals surface area contributed by atoms with E-state index in [1.54, 1.807) is 42.5 Å². The van der Waals surface area contributed by atoms with Gasteiger partial charge in [0.2, 0.25) is 0 Å². The van der Waals surface area contributed by atoms with E-state index in [1.165, 1.54) is 6.21 Å². The smallest absolute Gasteiger partial charge is 0.275 e. The molecule has 0 bridgehead atoms. The highest BCUT2D eigenvalue weighted by molar-refractivity contribution is 6.31. The summed E-state index contributed by atoms with van der Waals surface area (Å²) in [5.74, 6) is 3.14. The Morgan fingerprint density at radius 1 is 1.03 bits per heavy atom. The van der Waals surface area contributed by atoms with Crippen molar-refractivity contribution in [3.63, 3.8) is 0 Å². The van der Waals surface area contributed by atoms with Gasteiger partial charge in [-0.25, -0.2) is 5.43 Å². The lowest BCUT2D eigenvalue weighted by molar-refractivity contribution is 0.0950. The highest BCUT2D eigenvalue weighted by Gasteiger charge is 2.12. The van der Waals surface area contributed by atoms with Crippen molar-refractivity contribution < 1.29 is 14.3 Å². The van der Waals surface area contributed by atoms with E-state index in [9.17, 15) is 4.79 Å². The van der Waals surface area contributed by atoms with Crippen LogP contribution in [0.5, 0.6) is 11.5 Å². The number of ether oxygens (including phenoxy) is 2. The third kappa shape index (κ3) is 5.87. The van der Waals surface area contributed by atoms with Gasteiger partial charge in [-0.15, -0.1) is 6.42 Å². The van der Waals surface area contributed by atoms with Crippen LogP contribution in [0.4, 0.5) is 0 Å². The molecule has 5 nitrogen and oxygen atoms in total. The van der Waals surface area contributed by atoms with Crippen molar-refractivity contribution in [1.29, 1.82) is 0 Å². The molecule has 3 rings (SSSR count). The molecule has 0 unspecified atom stereocenters. The summed E-state index contributed by atoms with van der Waals surface area (Å²) in [5.41, 5.74) is 4.52. The van der Waals surface area contributed by atoms with Gasteiger partial charge in [0.15, 0.2) is 0 Å². The summed E-state index contributed by atoms with van der Waals surface area (Å²) in [6, 6.07) is 21.5. The van der Waals surface area contributed by atoms with Crippen molar-refractivity contribution >= 4 is 23.7 Å². The second-order valence-electron chi connectivity index (χ2n) is 6.14. The van der Waals surface area contributed by atoms with Crippen molar-refractivity contribution in [3.05, 3.63) is 94.5 Å². The fourth-order valence-corrected chi connectivity index (χ4v) is 2.74. The van der Waals surface area contributed by atoms with Gasteiger partial charge >= 0.3 is 0 Å². The van der Waals surface area contributed by atoms with E-state index in [2.05, 4.69) is 16.4 Å². The molecule has 3 aromatic carbocycles. The summed E-state index contributed by atoms with van der Waals surface area (Å²) in [7, 11) is 0. The maximum Gasteiger partial charge on any atom is 0.275 e.